The van der Waals surface area contributed by atoms with Gasteiger partial charge in [0.2, 0.25) is 5.91 Å². The summed E-state index contributed by atoms with van der Waals surface area (Å²) in [6.07, 6.45) is 5.27. The zero-order chi connectivity index (χ0) is 26.3. The maximum Gasteiger partial charge on any atom is 0.311 e. The van der Waals surface area contributed by atoms with E-state index < -0.39 is 27.4 Å². The molecule has 36 heavy (non-hydrogen) atoms. The third-order valence-electron chi connectivity index (χ3n) is 7.96. The number of hydrogen-bond donors (Lipinski definition) is 1. The van der Waals surface area contributed by atoms with Crippen molar-refractivity contribution in [3.63, 3.8) is 0 Å². The van der Waals surface area contributed by atoms with E-state index in [2.05, 4.69) is 13.2 Å². The fourth-order valence-corrected chi connectivity index (χ4v) is 8.88. The van der Waals surface area contributed by atoms with Gasteiger partial charge in [-0.2, -0.15) is 0 Å². The van der Waals surface area contributed by atoms with Crippen molar-refractivity contribution in [1.29, 1.82) is 0 Å². The minimum Gasteiger partial charge on any atom is -0.465 e. The van der Waals surface area contributed by atoms with E-state index in [4.69, 9.17) is 4.74 Å². The lowest BCUT2D eigenvalue weighted by molar-refractivity contribution is -0.155. The predicted octanol–water partition coefficient (Wildman–Crippen LogP) is 3.42. The Morgan fingerprint density at radius 2 is 1.94 bits per heavy atom. The number of likely N-dealkylation sites (tertiary alicyclic amines) is 1. The summed E-state index contributed by atoms with van der Waals surface area (Å²) in [5.41, 5.74) is 2.72. The standard InChI is InChI=1S/C28H36N2O5S/c1-6-8-17-35-26(34)21-20-24(32)30(15-16-31)23(28(20)13-12-27(21,5)36-28)25(33)29(14-7-2)22-18(3)10-9-11-19(22)4/h6-7,9-11,20-21,23,31H,1-2,8,12-17H2,3-5H3/t20-,21+,23?,27-,28?/m0/s1. The van der Waals surface area contributed by atoms with Crippen molar-refractivity contribution in [2.24, 2.45) is 11.8 Å². The third kappa shape index (κ3) is 3.98. The summed E-state index contributed by atoms with van der Waals surface area (Å²) in [5, 5.41) is 9.85. The molecular formula is C28H36N2O5S. The molecule has 7 nitrogen and oxygen atoms in total. The van der Waals surface area contributed by atoms with E-state index in [9.17, 15) is 19.5 Å². The fourth-order valence-electron chi connectivity index (χ4n) is 6.54. The maximum absolute atomic E-state index is 14.5. The Morgan fingerprint density at radius 1 is 1.25 bits per heavy atom. The van der Waals surface area contributed by atoms with Crippen LogP contribution < -0.4 is 4.90 Å². The van der Waals surface area contributed by atoms with Crippen LogP contribution in [0.15, 0.2) is 43.5 Å². The molecule has 1 N–H and O–H groups in total. The summed E-state index contributed by atoms with van der Waals surface area (Å²) >= 11 is 1.60. The van der Waals surface area contributed by atoms with Gasteiger partial charge in [0.15, 0.2) is 0 Å². The van der Waals surface area contributed by atoms with Gasteiger partial charge in [0.05, 0.1) is 29.8 Å². The number of aliphatic hydroxyl groups excluding tert-OH is 1. The van der Waals surface area contributed by atoms with Crippen LogP contribution in [0.4, 0.5) is 5.69 Å². The van der Waals surface area contributed by atoms with Gasteiger partial charge in [0, 0.05) is 23.5 Å². The topological polar surface area (TPSA) is 87.1 Å². The van der Waals surface area contributed by atoms with Crippen molar-refractivity contribution in [2.45, 2.75) is 55.6 Å². The average molecular weight is 513 g/mol. The molecule has 2 amide bonds. The lowest BCUT2D eigenvalue weighted by Crippen LogP contribution is -2.55. The van der Waals surface area contributed by atoms with Crippen molar-refractivity contribution >= 4 is 35.2 Å². The minimum atomic E-state index is -0.793. The Bertz CT molecular complexity index is 1070. The van der Waals surface area contributed by atoms with Gasteiger partial charge < -0.3 is 19.6 Å². The molecule has 1 spiro atoms. The van der Waals surface area contributed by atoms with Crippen LogP contribution >= 0.6 is 11.8 Å². The van der Waals surface area contributed by atoms with Crippen molar-refractivity contribution < 1.29 is 24.2 Å². The fraction of sp³-hybridized carbons (Fsp3) is 0.536. The number of para-hydroxylation sites is 1. The molecule has 3 aliphatic rings. The number of β-amino-alcohol motifs (C(OH)–C–C–N with tert-alkyl or cyclic N) is 1. The van der Waals surface area contributed by atoms with E-state index in [-0.39, 0.29) is 44.1 Å². The van der Waals surface area contributed by atoms with Crippen LogP contribution in [0.1, 0.15) is 37.3 Å². The zero-order valence-corrected chi connectivity index (χ0v) is 22.2. The maximum atomic E-state index is 14.5. The molecule has 4 rings (SSSR count). The number of carbonyl (C=O) groups is 3. The Hall–Kier alpha value is -2.58. The Kier molecular flexibility index (Phi) is 7.40. The molecule has 0 radical (unpaired) electrons. The van der Waals surface area contributed by atoms with Crippen LogP contribution in [0, 0.1) is 25.7 Å². The number of aliphatic hydroxyl groups is 1. The minimum absolute atomic E-state index is 0.0394. The van der Waals surface area contributed by atoms with Crippen molar-refractivity contribution in [3.05, 3.63) is 54.6 Å². The van der Waals surface area contributed by atoms with Crippen LogP contribution in [-0.4, -0.2) is 69.6 Å². The number of benzene rings is 1. The molecule has 0 aromatic heterocycles. The van der Waals surface area contributed by atoms with Crippen molar-refractivity contribution in [2.75, 3.05) is 31.2 Å². The van der Waals surface area contributed by atoms with Gasteiger partial charge in [0.1, 0.15) is 6.04 Å². The molecule has 3 heterocycles. The first-order valence-electron chi connectivity index (χ1n) is 12.5. The molecular weight excluding hydrogens is 476 g/mol. The quantitative estimate of drug-likeness (QED) is 0.294. The summed E-state index contributed by atoms with van der Waals surface area (Å²) in [4.78, 5) is 44.9. The van der Waals surface area contributed by atoms with E-state index in [0.29, 0.717) is 19.3 Å². The van der Waals surface area contributed by atoms with Crippen molar-refractivity contribution in [3.8, 4) is 0 Å². The SMILES string of the molecule is C=CCCOC(=O)[C@H]1[C@H]2C(=O)N(CCO)C(C(=O)N(CC=C)c3c(C)cccc3C)C23CC[C@]1(C)S3. The smallest absolute Gasteiger partial charge is 0.311 e. The number of anilines is 1. The molecule has 1 aromatic rings. The largest absolute Gasteiger partial charge is 0.465 e. The lowest BCUT2D eigenvalue weighted by Gasteiger charge is -2.37. The second-order valence-corrected chi connectivity index (χ2v) is 12.1. The molecule has 5 atom stereocenters. The van der Waals surface area contributed by atoms with Crippen LogP contribution in [0.25, 0.3) is 0 Å². The number of aryl methyl sites for hydroxylation is 2. The number of thioether (sulfide) groups is 1. The van der Waals surface area contributed by atoms with Gasteiger partial charge in [0.25, 0.3) is 5.91 Å². The second kappa shape index (κ2) is 10.1. The highest BCUT2D eigenvalue weighted by molar-refractivity contribution is 8.02. The van der Waals surface area contributed by atoms with E-state index in [1.807, 2.05) is 39.0 Å². The van der Waals surface area contributed by atoms with Gasteiger partial charge >= 0.3 is 5.97 Å². The molecule has 2 unspecified atom stereocenters. The van der Waals surface area contributed by atoms with Gasteiger partial charge in [-0.05, 0) is 51.2 Å². The number of esters is 1. The second-order valence-electron chi connectivity index (χ2n) is 10.2. The number of carbonyl (C=O) groups excluding carboxylic acids is 3. The molecule has 0 aliphatic carbocycles. The highest BCUT2D eigenvalue weighted by atomic mass is 32.2. The highest BCUT2D eigenvalue weighted by Crippen LogP contribution is 2.71. The first-order valence-corrected chi connectivity index (χ1v) is 13.4. The predicted molar refractivity (Wildman–Crippen MR) is 142 cm³/mol. The number of ether oxygens (including phenoxy) is 1. The van der Waals surface area contributed by atoms with E-state index in [1.165, 1.54) is 4.90 Å². The zero-order valence-electron chi connectivity index (χ0n) is 21.4. The van der Waals surface area contributed by atoms with Gasteiger partial charge in [-0.25, -0.2) is 0 Å². The van der Waals surface area contributed by atoms with Gasteiger partial charge in [-0.3, -0.25) is 14.4 Å². The highest BCUT2D eigenvalue weighted by Gasteiger charge is 2.77. The Labute approximate surface area is 217 Å². The molecule has 194 valence electrons. The summed E-state index contributed by atoms with van der Waals surface area (Å²) in [6.45, 7) is 13.8. The average Bonchev–Trinajstić information content (AvgIpc) is 3.39. The molecule has 0 saturated carbocycles. The molecule has 3 fully saturated rings. The van der Waals surface area contributed by atoms with E-state index in [1.54, 1.807) is 28.8 Å². The number of rotatable bonds is 10. The first-order chi connectivity index (χ1) is 17.2. The molecule has 1 aromatic carbocycles. The Balaban J connectivity index is 1.78. The Morgan fingerprint density at radius 3 is 2.56 bits per heavy atom. The van der Waals surface area contributed by atoms with E-state index in [0.717, 1.165) is 16.8 Å². The van der Waals surface area contributed by atoms with Crippen LogP contribution in [-0.2, 0) is 19.1 Å². The number of nitrogens with zero attached hydrogens (tertiary/aromatic N) is 2. The molecule has 3 aliphatic heterocycles. The lowest BCUT2D eigenvalue weighted by atomic mass is 9.66. The monoisotopic (exact) mass is 512 g/mol. The van der Waals surface area contributed by atoms with Gasteiger partial charge in [-0.15, -0.1) is 24.9 Å². The van der Waals surface area contributed by atoms with Crippen LogP contribution in [0.5, 0.6) is 0 Å². The molecule has 8 heteroatoms. The third-order valence-corrected chi connectivity index (χ3v) is 9.94. The summed E-state index contributed by atoms with van der Waals surface area (Å²) in [7, 11) is 0. The first kappa shape index (κ1) is 26.5. The summed E-state index contributed by atoms with van der Waals surface area (Å²) in [5.74, 6) is -2.14. The summed E-state index contributed by atoms with van der Waals surface area (Å²) in [6, 6.07) is 5.09. The normalized spacial score (nSPS) is 30.3. The number of hydrogen-bond acceptors (Lipinski definition) is 6. The summed E-state index contributed by atoms with van der Waals surface area (Å²) < 4.78 is 4.32. The molecule has 2 bridgehead atoms. The molecule has 3 saturated heterocycles. The van der Waals surface area contributed by atoms with Gasteiger partial charge in [-0.1, -0.05) is 30.4 Å². The van der Waals surface area contributed by atoms with Crippen LogP contribution in [0.2, 0.25) is 0 Å². The number of amides is 2. The van der Waals surface area contributed by atoms with E-state index >= 15 is 0 Å². The van der Waals surface area contributed by atoms with Crippen molar-refractivity contribution in [1.82, 2.24) is 4.90 Å². The number of fused-ring (bicyclic) bond motifs is 1. The van der Waals surface area contributed by atoms with Crippen LogP contribution in [0.3, 0.4) is 0 Å².